The zero-order valence-electron chi connectivity index (χ0n) is 23.1. The quantitative estimate of drug-likeness (QED) is 0.363. The lowest BCUT2D eigenvalue weighted by Gasteiger charge is -2.20. The molecule has 1 aliphatic heterocycles. The van der Waals surface area contributed by atoms with Crippen molar-refractivity contribution in [1.29, 1.82) is 0 Å². The molecule has 0 aliphatic carbocycles. The summed E-state index contributed by atoms with van der Waals surface area (Å²) in [5.41, 5.74) is 3.84. The minimum Gasteiger partial charge on any atom is -0.494 e. The van der Waals surface area contributed by atoms with E-state index in [9.17, 15) is 9.18 Å². The molecule has 0 saturated heterocycles. The highest BCUT2D eigenvalue weighted by Crippen LogP contribution is 2.40. The molecule has 4 aromatic rings. The maximum atomic E-state index is 14.5. The minimum absolute atomic E-state index is 0.0822. The van der Waals surface area contributed by atoms with Gasteiger partial charge in [-0.05, 0) is 42.3 Å². The molecule has 2 aromatic carbocycles. The Kier molecular flexibility index (Phi) is 5.68. The maximum Gasteiger partial charge on any atom is 0.273 e. The van der Waals surface area contributed by atoms with Crippen LogP contribution in [0, 0.1) is 12.7 Å². The summed E-state index contributed by atoms with van der Waals surface area (Å²) in [6.45, 7) is -0.728. The van der Waals surface area contributed by atoms with E-state index in [-0.39, 0.29) is 41.9 Å². The number of methoxy groups -OCH3 is 1. The average Bonchev–Trinajstić information content (AvgIpc) is 2.89. The van der Waals surface area contributed by atoms with Crippen molar-refractivity contribution < 1.29 is 22.8 Å². The van der Waals surface area contributed by atoms with E-state index >= 15 is 0 Å². The summed E-state index contributed by atoms with van der Waals surface area (Å²) in [5.74, 6) is -0.577. The number of aryl methyl sites for hydroxylation is 1. The van der Waals surface area contributed by atoms with Crippen LogP contribution >= 0.6 is 0 Å². The first-order valence-electron chi connectivity index (χ1n) is 12.8. The molecule has 37 heavy (non-hydrogen) atoms. The Morgan fingerprint density at radius 3 is 2.68 bits per heavy atom. The number of amides is 1. The molecule has 188 valence electrons. The third-order valence-electron chi connectivity index (χ3n) is 5.79. The Hall–Kier alpha value is -4.57. The van der Waals surface area contributed by atoms with Crippen LogP contribution in [0.2, 0.25) is 0 Å². The molecule has 0 saturated carbocycles. The van der Waals surface area contributed by atoms with Gasteiger partial charge in [0, 0.05) is 22.7 Å². The predicted molar refractivity (Wildman–Crippen MR) is 138 cm³/mol. The van der Waals surface area contributed by atoms with Crippen LogP contribution < -0.4 is 20.7 Å². The number of ether oxygens (including phenoxy) is 2. The summed E-state index contributed by atoms with van der Waals surface area (Å²) in [4.78, 5) is 17.2. The lowest BCUT2D eigenvalue weighted by atomic mass is 9.99. The standard InChI is InChI=1S/C27H25FN6O3/c1-15-4-6-17(7-5-15)18-10-16-11-21(26(18)36-3)30-20-12-24(33-34-25(20)27(35)29-2)32-23-9-8-19(28)22(31-23)14-37-13-16/h4-12,30H,13-14H2,1-3H3,(H,29,35)(H,31,32,33)/i2D3. The second kappa shape index (κ2) is 10.2. The third kappa shape index (κ3) is 5.05. The largest absolute Gasteiger partial charge is 0.494 e. The lowest BCUT2D eigenvalue weighted by Crippen LogP contribution is -2.21. The summed E-state index contributed by atoms with van der Waals surface area (Å²) in [5, 5.41) is 16.1. The van der Waals surface area contributed by atoms with E-state index < -0.39 is 18.7 Å². The average molecular weight is 504 g/mol. The topological polar surface area (TPSA) is 110 Å². The highest BCUT2D eigenvalue weighted by atomic mass is 19.1. The highest BCUT2D eigenvalue weighted by molar-refractivity contribution is 5.99. The Labute approximate surface area is 217 Å². The normalized spacial score (nSPS) is 14.1. The van der Waals surface area contributed by atoms with Gasteiger partial charge in [-0.2, -0.15) is 0 Å². The molecule has 5 rings (SSSR count). The van der Waals surface area contributed by atoms with Crippen molar-refractivity contribution in [2.24, 2.45) is 0 Å². The first kappa shape index (κ1) is 20.6. The molecule has 10 heteroatoms. The van der Waals surface area contributed by atoms with Crippen LogP contribution in [-0.2, 0) is 18.0 Å². The summed E-state index contributed by atoms with van der Waals surface area (Å²) in [6.07, 6.45) is 0. The van der Waals surface area contributed by atoms with Crippen molar-refractivity contribution in [1.82, 2.24) is 20.5 Å². The number of fused-ring (bicyclic) bond motifs is 6. The van der Waals surface area contributed by atoms with Crippen LogP contribution in [0.25, 0.3) is 11.1 Å². The molecule has 2 aromatic heterocycles. The molecule has 0 spiro atoms. The van der Waals surface area contributed by atoms with Crippen LogP contribution in [0.1, 0.15) is 31.4 Å². The van der Waals surface area contributed by atoms with Gasteiger partial charge in [0.2, 0.25) is 0 Å². The maximum absolute atomic E-state index is 14.5. The van der Waals surface area contributed by atoms with Gasteiger partial charge in [0.1, 0.15) is 23.1 Å². The number of nitrogens with one attached hydrogen (secondary N) is 3. The first-order chi connectivity index (χ1) is 19.1. The van der Waals surface area contributed by atoms with E-state index in [4.69, 9.17) is 13.6 Å². The number of halogens is 1. The highest BCUT2D eigenvalue weighted by Gasteiger charge is 2.20. The van der Waals surface area contributed by atoms with Gasteiger partial charge in [-0.25, -0.2) is 9.37 Å². The molecule has 1 aliphatic rings. The number of nitrogens with zero attached hydrogens (tertiary/aromatic N) is 3. The van der Waals surface area contributed by atoms with Crippen molar-refractivity contribution in [3.63, 3.8) is 0 Å². The Morgan fingerprint density at radius 2 is 1.89 bits per heavy atom. The van der Waals surface area contributed by atoms with Crippen molar-refractivity contribution in [2.75, 3.05) is 24.7 Å². The van der Waals surface area contributed by atoms with Crippen LogP contribution in [0.5, 0.6) is 5.75 Å². The molecule has 0 fully saturated rings. The fourth-order valence-corrected chi connectivity index (χ4v) is 4.00. The Balaban J connectivity index is 1.69. The number of hydrogen-bond donors (Lipinski definition) is 3. The number of benzene rings is 2. The van der Waals surface area contributed by atoms with E-state index in [2.05, 4.69) is 25.8 Å². The first-order valence-corrected chi connectivity index (χ1v) is 11.3. The van der Waals surface area contributed by atoms with Gasteiger partial charge in [-0.15, -0.1) is 10.2 Å². The van der Waals surface area contributed by atoms with Gasteiger partial charge in [-0.1, -0.05) is 29.8 Å². The number of carbonyl (C=O) groups excluding carboxylic acids is 1. The number of rotatable bonds is 3. The van der Waals surface area contributed by atoms with E-state index in [1.54, 1.807) is 6.07 Å². The molecule has 0 unspecified atom stereocenters. The van der Waals surface area contributed by atoms with E-state index in [0.29, 0.717) is 11.4 Å². The summed E-state index contributed by atoms with van der Waals surface area (Å²) < 4.78 is 48.4. The summed E-state index contributed by atoms with van der Waals surface area (Å²) >= 11 is 0. The second-order valence-electron chi connectivity index (χ2n) is 8.40. The monoisotopic (exact) mass is 503 g/mol. The molecule has 0 radical (unpaired) electrons. The van der Waals surface area contributed by atoms with Gasteiger partial charge in [0.15, 0.2) is 11.5 Å². The second-order valence-corrected chi connectivity index (χ2v) is 8.40. The molecule has 9 nitrogen and oxygen atoms in total. The number of pyridine rings is 1. The van der Waals surface area contributed by atoms with Crippen LogP contribution in [0.4, 0.5) is 27.4 Å². The molecule has 6 bridgehead atoms. The molecule has 3 heterocycles. The number of hydrogen-bond acceptors (Lipinski definition) is 8. The Morgan fingerprint density at radius 1 is 1.05 bits per heavy atom. The number of anilines is 4. The lowest BCUT2D eigenvalue weighted by molar-refractivity contribution is 0.0958. The van der Waals surface area contributed by atoms with E-state index in [0.717, 1.165) is 22.3 Å². The van der Waals surface area contributed by atoms with Gasteiger partial charge in [0.05, 0.1) is 31.7 Å². The fraction of sp³-hybridized carbons (Fsp3) is 0.185. The van der Waals surface area contributed by atoms with Crippen LogP contribution in [-0.4, -0.2) is 35.2 Å². The Bertz CT molecular complexity index is 1580. The SMILES string of the molecule is [2H]C([2H])([2H])NC(=O)c1nnc2cc1Nc1cc(cc(-c3ccc(C)cc3)c1OC)COCc1nc(ccc1F)N2. The zero-order chi connectivity index (χ0) is 28.4. The predicted octanol–water partition coefficient (Wildman–Crippen LogP) is 4.87. The summed E-state index contributed by atoms with van der Waals surface area (Å²) in [7, 11) is 1.52. The third-order valence-corrected chi connectivity index (χ3v) is 5.79. The van der Waals surface area contributed by atoms with Crippen LogP contribution in [0.15, 0.2) is 54.6 Å². The summed E-state index contributed by atoms with van der Waals surface area (Å²) in [6, 6.07) is 15.7. The van der Waals surface area contributed by atoms with Gasteiger partial charge in [-0.3, -0.25) is 4.79 Å². The van der Waals surface area contributed by atoms with Crippen molar-refractivity contribution in [3.8, 4) is 16.9 Å². The van der Waals surface area contributed by atoms with Crippen molar-refractivity contribution >= 4 is 28.9 Å². The van der Waals surface area contributed by atoms with E-state index in [1.165, 1.54) is 25.3 Å². The van der Waals surface area contributed by atoms with Gasteiger partial charge >= 0.3 is 0 Å². The minimum atomic E-state index is -2.74. The van der Waals surface area contributed by atoms with Crippen molar-refractivity contribution in [3.05, 3.63) is 82.9 Å². The zero-order valence-corrected chi connectivity index (χ0v) is 20.1. The molecule has 3 N–H and O–H groups in total. The van der Waals surface area contributed by atoms with E-state index in [1.807, 2.05) is 42.6 Å². The fourth-order valence-electron chi connectivity index (χ4n) is 4.00. The number of carbonyl (C=O) groups is 1. The molecular formula is C27H25FN6O3. The van der Waals surface area contributed by atoms with Gasteiger partial charge < -0.3 is 25.4 Å². The van der Waals surface area contributed by atoms with Gasteiger partial charge in [0.25, 0.3) is 5.91 Å². The smallest absolute Gasteiger partial charge is 0.273 e. The van der Waals surface area contributed by atoms with Crippen LogP contribution in [0.3, 0.4) is 0 Å². The molecular weight excluding hydrogens is 475 g/mol. The number of aromatic nitrogens is 3. The molecule has 1 amide bonds. The molecule has 0 atom stereocenters. The van der Waals surface area contributed by atoms with Crippen molar-refractivity contribution in [2.45, 2.75) is 20.1 Å².